The molecule has 4 aliphatic rings. The fourth-order valence-electron chi connectivity index (χ4n) is 6.76. The van der Waals surface area contributed by atoms with Gasteiger partial charge in [-0.1, -0.05) is 166 Å². The molecule has 0 radical (unpaired) electrons. The highest BCUT2D eigenvalue weighted by atomic mass is 32.2. The quantitative estimate of drug-likeness (QED) is 0.240. The summed E-state index contributed by atoms with van der Waals surface area (Å²) in [6, 6.07) is 0. The van der Waals surface area contributed by atoms with Crippen molar-refractivity contribution in [3.05, 3.63) is 87.8 Å². The molecule has 10 heteroatoms. The Morgan fingerprint density at radius 2 is 0.759 bits per heavy atom. The van der Waals surface area contributed by atoms with Crippen molar-refractivity contribution in [2.45, 2.75) is 166 Å². The van der Waals surface area contributed by atoms with E-state index in [1.165, 1.54) is 32.9 Å². The van der Waals surface area contributed by atoms with E-state index in [1.807, 2.05) is 100.0 Å². The molecule has 1 atom stereocenters. The van der Waals surface area contributed by atoms with Gasteiger partial charge in [0.1, 0.15) is 0 Å². The molecule has 0 saturated heterocycles. The molecule has 58 heavy (non-hydrogen) atoms. The minimum Gasteiger partial charge on any atom is -0.250 e. The van der Waals surface area contributed by atoms with Crippen molar-refractivity contribution in [3.8, 4) is 0 Å². The normalized spacial score (nSPS) is 21.3. The van der Waals surface area contributed by atoms with E-state index in [9.17, 15) is 25.3 Å². The molecule has 0 spiro atoms. The van der Waals surface area contributed by atoms with Crippen LogP contribution in [0.5, 0.6) is 0 Å². The smallest absolute Gasteiger partial charge is 0.196 e. The lowest BCUT2D eigenvalue weighted by Crippen LogP contribution is -2.20. The lowest BCUT2D eigenvalue weighted by molar-refractivity contribution is 0.449. The van der Waals surface area contributed by atoms with Crippen molar-refractivity contribution in [1.82, 2.24) is 0 Å². The van der Waals surface area contributed by atoms with E-state index in [0.717, 1.165) is 21.6 Å². The summed E-state index contributed by atoms with van der Waals surface area (Å²) in [5, 5.41) is 9.73. The molecule has 6 nitrogen and oxygen atoms in total. The van der Waals surface area contributed by atoms with Crippen LogP contribution in [-0.2, 0) is 41.3 Å². The Labute approximate surface area is 361 Å². The fourth-order valence-corrected chi connectivity index (χ4v) is 13.5. The molecule has 0 saturated carbocycles. The first kappa shape index (κ1) is 54.1. The summed E-state index contributed by atoms with van der Waals surface area (Å²) in [5.74, 6) is 0. The van der Waals surface area contributed by atoms with Crippen LogP contribution in [0.3, 0.4) is 0 Å². The van der Waals surface area contributed by atoms with Gasteiger partial charge in [-0.25, -0.2) is 21.0 Å². The molecule has 4 rings (SSSR count). The Morgan fingerprint density at radius 1 is 0.414 bits per heavy atom. The maximum Gasteiger partial charge on any atom is 0.196 e. The highest BCUT2D eigenvalue weighted by molar-refractivity contribution is 7.98. The lowest BCUT2D eigenvalue weighted by atomic mass is 9.74. The van der Waals surface area contributed by atoms with Crippen LogP contribution in [0, 0.1) is 43.3 Å². The van der Waals surface area contributed by atoms with Crippen molar-refractivity contribution < 1.29 is 25.3 Å². The summed E-state index contributed by atoms with van der Waals surface area (Å²) in [7, 11) is -8.12. The molecule has 0 aromatic heterocycles. The molecule has 0 fully saturated rings. The van der Waals surface area contributed by atoms with E-state index < -0.39 is 41.3 Å². The average molecular weight is 881 g/mol. The molecule has 4 heterocycles. The van der Waals surface area contributed by atoms with E-state index in [2.05, 4.69) is 83.1 Å². The molecule has 4 aliphatic heterocycles. The van der Waals surface area contributed by atoms with Gasteiger partial charge in [0, 0.05) is 37.4 Å². The van der Waals surface area contributed by atoms with Crippen LogP contribution in [0.1, 0.15) is 166 Å². The SMILES string of the molecule is CC(C)(C)C1=C(C(C)(C)C)S(=O)(=O)C=C1.CC(C)(C)C1=C(C(C)(C)C)S(=O)C=C1.CC(C)(C)C1=CS(=O)(=O)C=C1C(C)(C)C.CC(C)(C)C1=CS(=O)C=C1C(C)(C)C. The van der Waals surface area contributed by atoms with Crippen LogP contribution in [0.4, 0.5) is 0 Å². The summed E-state index contributed by atoms with van der Waals surface area (Å²) in [5.41, 5.74) is 6.10. The summed E-state index contributed by atoms with van der Waals surface area (Å²) >= 11 is 0. The molecule has 0 aromatic rings. The van der Waals surface area contributed by atoms with E-state index in [4.69, 9.17) is 0 Å². The molecule has 1 unspecified atom stereocenters. The third-order valence-electron chi connectivity index (χ3n) is 9.57. The van der Waals surface area contributed by atoms with E-state index >= 15 is 0 Å². The number of allylic oxidation sites excluding steroid dienone is 10. The van der Waals surface area contributed by atoms with Crippen molar-refractivity contribution in [2.75, 3.05) is 0 Å². The van der Waals surface area contributed by atoms with E-state index in [-0.39, 0.29) is 43.3 Å². The third-order valence-corrected chi connectivity index (χ3v) is 15.1. The van der Waals surface area contributed by atoms with E-state index in [0.29, 0.717) is 4.91 Å². The second-order valence-electron chi connectivity index (χ2n) is 24.0. The molecule has 332 valence electrons. The van der Waals surface area contributed by atoms with Crippen LogP contribution >= 0.6 is 0 Å². The number of rotatable bonds is 0. The van der Waals surface area contributed by atoms with Gasteiger partial charge in [0.15, 0.2) is 19.7 Å². The Bertz CT molecular complexity index is 2020. The Hall–Kier alpha value is -1.88. The third kappa shape index (κ3) is 14.9. The van der Waals surface area contributed by atoms with Gasteiger partial charge in [0.2, 0.25) is 0 Å². The summed E-state index contributed by atoms with van der Waals surface area (Å²) in [6.07, 6.45) is 3.77. The number of hydrogen-bond acceptors (Lipinski definition) is 6. The predicted molar refractivity (Wildman–Crippen MR) is 254 cm³/mol. The molecule has 0 aliphatic carbocycles. The van der Waals surface area contributed by atoms with Gasteiger partial charge in [-0.3, -0.25) is 4.21 Å². The van der Waals surface area contributed by atoms with Gasteiger partial charge in [0.25, 0.3) is 0 Å². The molecule has 0 amide bonds. The van der Waals surface area contributed by atoms with Crippen LogP contribution in [0.25, 0.3) is 0 Å². The zero-order valence-corrected chi connectivity index (χ0v) is 44.0. The first-order chi connectivity index (χ1) is 25.2. The first-order valence-electron chi connectivity index (χ1n) is 20.2. The van der Waals surface area contributed by atoms with Gasteiger partial charge >= 0.3 is 0 Å². The van der Waals surface area contributed by atoms with Crippen LogP contribution < -0.4 is 0 Å². The average Bonchev–Trinajstić information content (AvgIpc) is 3.69. The van der Waals surface area contributed by atoms with Gasteiger partial charge in [0.05, 0.1) is 26.5 Å². The topological polar surface area (TPSA) is 102 Å². The number of sulfone groups is 2. The lowest BCUT2D eigenvalue weighted by Gasteiger charge is -2.30. The van der Waals surface area contributed by atoms with Gasteiger partial charge in [-0.15, -0.1) is 0 Å². The van der Waals surface area contributed by atoms with Crippen LogP contribution in [-0.4, -0.2) is 25.3 Å². The zero-order chi connectivity index (χ0) is 46.4. The van der Waals surface area contributed by atoms with Crippen molar-refractivity contribution in [2.24, 2.45) is 43.3 Å². The standard InChI is InChI=1S/2C12H20O2S.2C12H20OS/c1-11(2,3)9-7-15(13,14)8-10(9)12(4,5)6;1-11(2,3)9-7-8-15(13,14)10(9)12(4,5)6;1-11(2,3)9-7-14(13)8-10(9)12(4,5)6;1-11(2,3)9-7-8-14(13)10(9)12(4,5)6/h2*7-8H,1-6H3;2*7-8H,1-6H3. The predicted octanol–water partition coefficient (Wildman–Crippen LogP) is 13.8. The molecule has 0 N–H and O–H groups in total. The van der Waals surface area contributed by atoms with Crippen molar-refractivity contribution in [3.63, 3.8) is 0 Å². The maximum atomic E-state index is 11.9. The highest BCUT2D eigenvalue weighted by Gasteiger charge is 2.38. The van der Waals surface area contributed by atoms with E-state index in [1.54, 1.807) is 11.5 Å². The Morgan fingerprint density at radius 3 is 1.00 bits per heavy atom. The van der Waals surface area contributed by atoms with Crippen LogP contribution in [0.15, 0.2) is 87.8 Å². The summed E-state index contributed by atoms with van der Waals surface area (Å²) in [4.78, 5) is 1.66. The van der Waals surface area contributed by atoms with Crippen molar-refractivity contribution in [1.29, 1.82) is 0 Å². The molecule has 0 aromatic carbocycles. The monoisotopic (exact) mass is 880 g/mol. The Kier molecular flexibility index (Phi) is 16.3. The van der Waals surface area contributed by atoms with Gasteiger partial charge < -0.3 is 0 Å². The maximum absolute atomic E-state index is 11.9. The van der Waals surface area contributed by atoms with Gasteiger partial charge in [-0.2, -0.15) is 0 Å². The largest absolute Gasteiger partial charge is 0.250 e. The fraction of sp³-hybridized carbons (Fsp3) is 0.667. The summed E-state index contributed by atoms with van der Waals surface area (Å²) < 4.78 is 70.4. The molecular weight excluding hydrogens is 801 g/mol. The number of hydrogen-bond donors (Lipinski definition) is 0. The summed E-state index contributed by atoms with van der Waals surface area (Å²) in [6.45, 7) is 50.1. The second-order valence-corrected chi connectivity index (χ2v) is 29.8. The van der Waals surface area contributed by atoms with Crippen molar-refractivity contribution >= 4 is 41.3 Å². The molecule has 0 bridgehead atoms. The second kappa shape index (κ2) is 17.5. The molecular formula is C48H80O6S4. The van der Waals surface area contributed by atoms with Crippen LogP contribution in [0.2, 0.25) is 0 Å². The first-order valence-corrected chi connectivity index (χ1v) is 25.9. The van der Waals surface area contributed by atoms with Gasteiger partial charge in [-0.05, 0) is 88.9 Å². The minimum absolute atomic E-state index is 0.00300. The minimum atomic E-state index is -3.18. The Balaban J connectivity index is 0.000000387. The zero-order valence-electron chi connectivity index (χ0n) is 40.7. The highest BCUT2D eigenvalue weighted by Crippen LogP contribution is 2.47.